The van der Waals surface area contributed by atoms with Gasteiger partial charge in [0.15, 0.2) is 0 Å². The lowest BCUT2D eigenvalue weighted by molar-refractivity contribution is 0.0578. The number of nitrogens with two attached hydrogens (primary N) is 1. The quantitative estimate of drug-likeness (QED) is 0.767. The van der Waals surface area contributed by atoms with Crippen LogP contribution in [0.5, 0.6) is 0 Å². The SMILES string of the molecule is CN(C)CCCN1CCC(CN)C(C)(C)C1. The summed E-state index contributed by atoms with van der Waals surface area (Å²) in [5.41, 5.74) is 6.23. The topological polar surface area (TPSA) is 32.5 Å². The smallest absolute Gasteiger partial charge is 0.00358 e. The fourth-order valence-corrected chi connectivity index (χ4v) is 2.75. The van der Waals surface area contributed by atoms with Crippen molar-refractivity contribution >= 4 is 0 Å². The molecular formula is C13H29N3. The summed E-state index contributed by atoms with van der Waals surface area (Å²) in [6.45, 7) is 10.4. The van der Waals surface area contributed by atoms with Crippen LogP contribution in [0.15, 0.2) is 0 Å². The van der Waals surface area contributed by atoms with Crippen LogP contribution in [0.25, 0.3) is 0 Å². The third-order valence-electron chi connectivity index (χ3n) is 3.89. The van der Waals surface area contributed by atoms with Crippen molar-refractivity contribution in [3.8, 4) is 0 Å². The lowest BCUT2D eigenvalue weighted by Gasteiger charge is -2.44. The molecule has 0 aliphatic carbocycles. The molecule has 0 spiro atoms. The Kier molecular flexibility index (Phi) is 5.22. The van der Waals surface area contributed by atoms with E-state index < -0.39 is 0 Å². The summed E-state index contributed by atoms with van der Waals surface area (Å²) in [6, 6.07) is 0. The molecule has 3 nitrogen and oxygen atoms in total. The van der Waals surface area contributed by atoms with Gasteiger partial charge in [0.1, 0.15) is 0 Å². The van der Waals surface area contributed by atoms with E-state index in [2.05, 4.69) is 37.7 Å². The van der Waals surface area contributed by atoms with Gasteiger partial charge in [-0.1, -0.05) is 13.8 Å². The molecule has 1 heterocycles. The van der Waals surface area contributed by atoms with Crippen molar-refractivity contribution in [2.45, 2.75) is 26.7 Å². The summed E-state index contributed by atoms with van der Waals surface area (Å²) in [7, 11) is 4.29. The number of likely N-dealkylation sites (tertiary alicyclic amines) is 1. The third kappa shape index (κ3) is 4.04. The fraction of sp³-hybridized carbons (Fsp3) is 1.00. The van der Waals surface area contributed by atoms with Crippen molar-refractivity contribution in [1.29, 1.82) is 0 Å². The highest BCUT2D eigenvalue weighted by Crippen LogP contribution is 2.33. The largest absolute Gasteiger partial charge is 0.330 e. The molecule has 1 fully saturated rings. The maximum atomic E-state index is 5.84. The molecule has 2 N–H and O–H groups in total. The molecule has 1 aliphatic heterocycles. The molecule has 0 aromatic heterocycles. The zero-order valence-electron chi connectivity index (χ0n) is 11.5. The van der Waals surface area contributed by atoms with Crippen molar-refractivity contribution in [1.82, 2.24) is 9.80 Å². The highest BCUT2D eigenvalue weighted by Gasteiger charge is 2.34. The first kappa shape index (κ1) is 13.9. The van der Waals surface area contributed by atoms with Gasteiger partial charge >= 0.3 is 0 Å². The van der Waals surface area contributed by atoms with Gasteiger partial charge in [-0.05, 0) is 64.4 Å². The minimum absolute atomic E-state index is 0.394. The van der Waals surface area contributed by atoms with Gasteiger partial charge in [0.25, 0.3) is 0 Å². The van der Waals surface area contributed by atoms with E-state index in [9.17, 15) is 0 Å². The summed E-state index contributed by atoms with van der Waals surface area (Å²) in [6.07, 6.45) is 2.54. The van der Waals surface area contributed by atoms with Crippen molar-refractivity contribution in [2.75, 3.05) is 46.8 Å². The van der Waals surface area contributed by atoms with Crippen LogP contribution in [0.3, 0.4) is 0 Å². The molecule has 3 heteroatoms. The average molecular weight is 227 g/mol. The zero-order chi connectivity index (χ0) is 12.2. The molecular weight excluding hydrogens is 198 g/mol. The molecule has 0 bridgehead atoms. The minimum Gasteiger partial charge on any atom is -0.330 e. The normalized spacial score (nSPS) is 26.2. The van der Waals surface area contributed by atoms with Gasteiger partial charge < -0.3 is 15.5 Å². The molecule has 16 heavy (non-hydrogen) atoms. The Bertz CT molecular complexity index is 201. The second kappa shape index (κ2) is 5.99. The van der Waals surface area contributed by atoms with E-state index in [0.29, 0.717) is 11.3 Å². The Morgan fingerprint density at radius 3 is 2.56 bits per heavy atom. The van der Waals surface area contributed by atoms with Gasteiger partial charge in [-0.3, -0.25) is 0 Å². The predicted octanol–water partition coefficient (Wildman–Crippen LogP) is 1.24. The van der Waals surface area contributed by atoms with Crippen molar-refractivity contribution in [2.24, 2.45) is 17.1 Å². The maximum Gasteiger partial charge on any atom is 0.00358 e. The van der Waals surface area contributed by atoms with E-state index >= 15 is 0 Å². The molecule has 1 rings (SSSR count). The summed E-state index contributed by atoms with van der Waals surface area (Å²) in [4.78, 5) is 4.87. The Morgan fingerprint density at radius 1 is 1.38 bits per heavy atom. The van der Waals surface area contributed by atoms with E-state index in [1.807, 2.05) is 0 Å². The molecule has 0 saturated carbocycles. The summed E-state index contributed by atoms with van der Waals surface area (Å²) < 4.78 is 0. The molecule has 0 aromatic rings. The van der Waals surface area contributed by atoms with Gasteiger partial charge in [-0.25, -0.2) is 0 Å². The average Bonchev–Trinajstić information content (AvgIpc) is 2.16. The Balaban J connectivity index is 2.31. The first-order valence-electron chi connectivity index (χ1n) is 6.53. The van der Waals surface area contributed by atoms with Crippen LogP contribution >= 0.6 is 0 Å². The van der Waals surface area contributed by atoms with E-state index in [1.54, 1.807) is 0 Å². The van der Waals surface area contributed by atoms with Gasteiger partial charge in [-0.15, -0.1) is 0 Å². The molecule has 1 aliphatic rings. The fourth-order valence-electron chi connectivity index (χ4n) is 2.75. The Labute approximate surface area is 101 Å². The number of rotatable bonds is 5. The lowest BCUT2D eigenvalue weighted by Crippen LogP contribution is -2.48. The number of hydrogen-bond donors (Lipinski definition) is 1. The predicted molar refractivity (Wildman–Crippen MR) is 70.6 cm³/mol. The van der Waals surface area contributed by atoms with Crippen LogP contribution in [0.4, 0.5) is 0 Å². The van der Waals surface area contributed by atoms with Crippen LogP contribution in [0.1, 0.15) is 26.7 Å². The van der Waals surface area contributed by atoms with E-state index in [4.69, 9.17) is 5.73 Å². The molecule has 0 aromatic carbocycles. The molecule has 0 amide bonds. The maximum absolute atomic E-state index is 5.84. The molecule has 1 unspecified atom stereocenters. The third-order valence-corrected chi connectivity index (χ3v) is 3.89. The van der Waals surface area contributed by atoms with E-state index in [1.165, 1.54) is 39.0 Å². The lowest BCUT2D eigenvalue weighted by atomic mass is 9.74. The van der Waals surface area contributed by atoms with E-state index in [-0.39, 0.29) is 0 Å². The van der Waals surface area contributed by atoms with Crippen molar-refractivity contribution in [3.63, 3.8) is 0 Å². The molecule has 1 atom stereocenters. The molecule has 96 valence electrons. The Morgan fingerprint density at radius 2 is 2.06 bits per heavy atom. The number of piperidine rings is 1. The first-order chi connectivity index (χ1) is 7.45. The number of hydrogen-bond acceptors (Lipinski definition) is 3. The van der Waals surface area contributed by atoms with Crippen LogP contribution in [-0.2, 0) is 0 Å². The molecule has 0 radical (unpaired) electrons. The second-order valence-corrected chi connectivity index (χ2v) is 6.14. The standard InChI is InChI=1S/C13H29N3/c1-13(2)11-16(8-5-7-15(3)4)9-6-12(13)10-14/h12H,5-11,14H2,1-4H3. The summed E-state index contributed by atoms with van der Waals surface area (Å²) in [5, 5.41) is 0. The molecule has 1 saturated heterocycles. The minimum atomic E-state index is 0.394. The monoisotopic (exact) mass is 227 g/mol. The van der Waals surface area contributed by atoms with Crippen molar-refractivity contribution in [3.05, 3.63) is 0 Å². The highest BCUT2D eigenvalue weighted by atomic mass is 15.1. The number of nitrogens with zero attached hydrogens (tertiary/aromatic N) is 2. The van der Waals surface area contributed by atoms with Gasteiger partial charge in [0.2, 0.25) is 0 Å². The zero-order valence-corrected chi connectivity index (χ0v) is 11.5. The van der Waals surface area contributed by atoms with Crippen LogP contribution < -0.4 is 5.73 Å². The van der Waals surface area contributed by atoms with Gasteiger partial charge in [0, 0.05) is 6.54 Å². The summed E-state index contributed by atoms with van der Waals surface area (Å²) >= 11 is 0. The summed E-state index contributed by atoms with van der Waals surface area (Å²) in [5.74, 6) is 0.706. The van der Waals surface area contributed by atoms with E-state index in [0.717, 1.165) is 6.54 Å². The van der Waals surface area contributed by atoms with Gasteiger partial charge in [-0.2, -0.15) is 0 Å². The Hall–Kier alpha value is -0.120. The highest BCUT2D eigenvalue weighted by molar-refractivity contribution is 4.87. The first-order valence-corrected chi connectivity index (χ1v) is 6.53. The van der Waals surface area contributed by atoms with Gasteiger partial charge in [0.05, 0.1) is 0 Å². The van der Waals surface area contributed by atoms with Crippen molar-refractivity contribution < 1.29 is 0 Å². The second-order valence-electron chi connectivity index (χ2n) is 6.14. The van der Waals surface area contributed by atoms with Crippen LogP contribution in [0, 0.1) is 11.3 Å². The van der Waals surface area contributed by atoms with Crippen LogP contribution in [-0.4, -0.2) is 56.6 Å². The van der Waals surface area contributed by atoms with Crippen LogP contribution in [0.2, 0.25) is 0 Å².